The van der Waals surface area contributed by atoms with Crippen molar-refractivity contribution >= 4 is 51.6 Å². The van der Waals surface area contributed by atoms with Gasteiger partial charge >= 0.3 is 0 Å². The van der Waals surface area contributed by atoms with Crippen molar-refractivity contribution in [2.24, 2.45) is 4.99 Å². The van der Waals surface area contributed by atoms with E-state index in [0.29, 0.717) is 10.1 Å². The lowest BCUT2D eigenvalue weighted by molar-refractivity contribution is -0.113. The molecule has 5 heteroatoms. The third-order valence-electron chi connectivity index (χ3n) is 4.82. The average Bonchev–Trinajstić information content (AvgIpc) is 3.37. The molecule has 1 saturated heterocycles. The maximum Gasteiger partial charge on any atom is 0.271 e. The Morgan fingerprint density at radius 2 is 1.66 bits per heavy atom. The zero-order valence-corrected chi connectivity index (χ0v) is 18.1. The molecule has 3 nitrogen and oxygen atoms in total. The summed E-state index contributed by atoms with van der Waals surface area (Å²) in [7, 11) is 0. The van der Waals surface area contributed by atoms with Crippen LogP contribution in [0.3, 0.4) is 0 Å². The van der Waals surface area contributed by atoms with Gasteiger partial charge in [0.05, 0.1) is 16.3 Å². The molecule has 1 aromatic heterocycles. The van der Waals surface area contributed by atoms with Crippen molar-refractivity contribution in [1.29, 1.82) is 0 Å². The molecule has 0 radical (unpaired) electrons. The molecule has 3 aromatic rings. The maximum absolute atomic E-state index is 13.4. The number of para-hydroxylation sites is 2. The molecule has 4 rings (SSSR count). The van der Waals surface area contributed by atoms with Gasteiger partial charge in [-0.3, -0.25) is 9.69 Å². The third-order valence-corrected chi connectivity index (χ3v) is 6.61. The second kappa shape index (κ2) is 8.80. The molecule has 2 aromatic carbocycles. The zero-order chi connectivity index (χ0) is 20.2. The smallest absolute Gasteiger partial charge is 0.268 e. The number of anilines is 1. The maximum atomic E-state index is 13.4. The number of amidine groups is 1. The number of thioether (sulfide) groups is 1. The molecule has 0 bridgehead atoms. The van der Waals surface area contributed by atoms with Crippen LogP contribution in [-0.4, -0.2) is 11.1 Å². The van der Waals surface area contributed by atoms with Gasteiger partial charge < -0.3 is 0 Å². The molecule has 2 heterocycles. The van der Waals surface area contributed by atoms with Gasteiger partial charge in [0.1, 0.15) is 0 Å². The summed E-state index contributed by atoms with van der Waals surface area (Å²) in [6, 6.07) is 20.2. The molecule has 0 saturated carbocycles. The minimum Gasteiger partial charge on any atom is -0.268 e. The summed E-state index contributed by atoms with van der Waals surface area (Å²) >= 11 is 3.07. The van der Waals surface area contributed by atoms with Crippen LogP contribution in [-0.2, 0) is 17.6 Å². The zero-order valence-electron chi connectivity index (χ0n) is 16.5. The highest BCUT2D eigenvalue weighted by Crippen LogP contribution is 2.39. The van der Waals surface area contributed by atoms with Gasteiger partial charge in [0.25, 0.3) is 5.91 Å². The van der Waals surface area contributed by atoms with Crippen molar-refractivity contribution in [1.82, 2.24) is 0 Å². The van der Waals surface area contributed by atoms with Crippen LogP contribution in [0.4, 0.5) is 11.4 Å². The van der Waals surface area contributed by atoms with E-state index >= 15 is 0 Å². The highest BCUT2D eigenvalue weighted by Gasteiger charge is 2.35. The highest BCUT2D eigenvalue weighted by atomic mass is 32.2. The molecular weight excluding hydrogens is 396 g/mol. The number of aryl methyl sites for hydroxylation is 2. The number of benzene rings is 2. The Kier molecular flexibility index (Phi) is 5.97. The van der Waals surface area contributed by atoms with Crippen molar-refractivity contribution < 1.29 is 4.79 Å². The molecule has 146 valence electrons. The summed E-state index contributed by atoms with van der Waals surface area (Å²) in [6.07, 6.45) is 3.72. The largest absolute Gasteiger partial charge is 0.271 e. The lowest BCUT2D eigenvalue weighted by Gasteiger charge is -2.19. The van der Waals surface area contributed by atoms with E-state index in [1.165, 1.54) is 17.3 Å². The van der Waals surface area contributed by atoms with Crippen LogP contribution in [0.1, 0.15) is 29.9 Å². The molecule has 1 fully saturated rings. The standard InChI is InChI=1S/C24H22N2OS2/c1-3-17-10-5-7-13-20(17)25-24-26(21-14-8-6-11-18(21)4-2)23(27)22(29-24)16-19-12-9-15-28-19/h5-16H,3-4H2,1-2H3/b22-16-,25-24?. The number of nitrogens with zero attached hydrogens (tertiary/aromatic N) is 2. The number of rotatable bonds is 5. The van der Waals surface area contributed by atoms with Crippen LogP contribution < -0.4 is 4.90 Å². The predicted octanol–water partition coefficient (Wildman–Crippen LogP) is 6.68. The Labute approximate surface area is 179 Å². The van der Waals surface area contributed by atoms with E-state index in [-0.39, 0.29) is 5.91 Å². The summed E-state index contributed by atoms with van der Waals surface area (Å²) in [5.41, 5.74) is 4.14. The first-order valence-electron chi connectivity index (χ1n) is 9.73. The molecule has 1 aliphatic heterocycles. The van der Waals surface area contributed by atoms with Crippen LogP contribution in [0.5, 0.6) is 0 Å². The number of carbonyl (C=O) groups excluding carboxylic acids is 1. The molecule has 0 aliphatic carbocycles. The molecule has 0 spiro atoms. The molecule has 0 atom stereocenters. The molecule has 1 amide bonds. The monoisotopic (exact) mass is 418 g/mol. The fourth-order valence-electron chi connectivity index (χ4n) is 3.31. The van der Waals surface area contributed by atoms with Crippen molar-refractivity contribution in [3.8, 4) is 0 Å². The summed E-state index contributed by atoms with van der Waals surface area (Å²) < 4.78 is 0. The predicted molar refractivity (Wildman–Crippen MR) is 126 cm³/mol. The summed E-state index contributed by atoms with van der Waals surface area (Å²) in [5.74, 6) is -0.0166. The molecule has 29 heavy (non-hydrogen) atoms. The number of hydrogen-bond acceptors (Lipinski definition) is 4. The Bertz CT molecular complexity index is 1080. The van der Waals surface area contributed by atoms with Gasteiger partial charge in [0.15, 0.2) is 5.17 Å². The van der Waals surface area contributed by atoms with Crippen LogP contribution in [0.15, 0.2) is 75.9 Å². The van der Waals surface area contributed by atoms with E-state index in [2.05, 4.69) is 26.0 Å². The van der Waals surface area contributed by atoms with E-state index in [1.807, 2.05) is 60.0 Å². The van der Waals surface area contributed by atoms with Gasteiger partial charge in [-0.25, -0.2) is 4.99 Å². The third kappa shape index (κ3) is 4.07. The fourth-order valence-corrected chi connectivity index (χ4v) is 5.02. The lowest BCUT2D eigenvalue weighted by atomic mass is 10.1. The van der Waals surface area contributed by atoms with Gasteiger partial charge in [-0.1, -0.05) is 56.3 Å². The van der Waals surface area contributed by atoms with E-state index in [1.54, 1.807) is 16.2 Å². The Hall–Kier alpha value is -2.63. The topological polar surface area (TPSA) is 32.7 Å². The Morgan fingerprint density at radius 1 is 0.931 bits per heavy atom. The normalized spacial score (nSPS) is 16.9. The minimum atomic E-state index is -0.0166. The van der Waals surface area contributed by atoms with Gasteiger partial charge in [0.2, 0.25) is 0 Å². The number of thiophene rings is 1. The van der Waals surface area contributed by atoms with Crippen molar-refractivity contribution in [3.63, 3.8) is 0 Å². The molecule has 0 unspecified atom stereocenters. The molecular formula is C24H22N2OS2. The van der Waals surface area contributed by atoms with Gasteiger partial charge in [-0.05, 0) is 65.4 Å². The Morgan fingerprint density at radius 3 is 2.38 bits per heavy atom. The lowest BCUT2D eigenvalue weighted by Crippen LogP contribution is -2.29. The first kappa shape index (κ1) is 19.7. The van der Waals surface area contributed by atoms with Crippen LogP contribution in [0, 0.1) is 0 Å². The van der Waals surface area contributed by atoms with Crippen molar-refractivity contribution in [2.45, 2.75) is 26.7 Å². The average molecular weight is 419 g/mol. The number of hydrogen-bond donors (Lipinski definition) is 0. The van der Waals surface area contributed by atoms with E-state index in [4.69, 9.17) is 4.99 Å². The second-order valence-corrected chi connectivity index (χ2v) is 8.61. The van der Waals surface area contributed by atoms with Gasteiger partial charge in [-0.15, -0.1) is 11.3 Å². The van der Waals surface area contributed by atoms with E-state index in [9.17, 15) is 4.79 Å². The minimum absolute atomic E-state index is 0.0166. The number of amides is 1. The number of aliphatic imine (C=N–C) groups is 1. The van der Waals surface area contributed by atoms with Crippen LogP contribution >= 0.6 is 23.1 Å². The summed E-state index contributed by atoms with van der Waals surface area (Å²) in [5, 5.41) is 2.73. The van der Waals surface area contributed by atoms with Crippen molar-refractivity contribution in [2.75, 3.05) is 4.90 Å². The van der Waals surface area contributed by atoms with Crippen molar-refractivity contribution in [3.05, 3.63) is 87.0 Å². The molecule has 0 N–H and O–H groups in total. The fraction of sp³-hybridized carbons (Fsp3) is 0.167. The summed E-state index contributed by atoms with van der Waals surface area (Å²) in [6.45, 7) is 4.23. The van der Waals surface area contributed by atoms with Crippen LogP contribution in [0.2, 0.25) is 0 Å². The van der Waals surface area contributed by atoms with Crippen LogP contribution in [0.25, 0.3) is 6.08 Å². The van der Waals surface area contributed by atoms with E-state index < -0.39 is 0 Å². The highest BCUT2D eigenvalue weighted by molar-refractivity contribution is 8.19. The number of carbonyl (C=O) groups is 1. The first-order chi connectivity index (χ1) is 14.2. The Balaban J connectivity index is 1.84. The quantitative estimate of drug-likeness (QED) is 0.433. The van der Waals surface area contributed by atoms with E-state index in [0.717, 1.165) is 34.7 Å². The van der Waals surface area contributed by atoms with Gasteiger partial charge in [-0.2, -0.15) is 0 Å². The second-order valence-electron chi connectivity index (χ2n) is 6.63. The molecule has 1 aliphatic rings. The summed E-state index contributed by atoms with van der Waals surface area (Å²) in [4.78, 5) is 21.9. The van der Waals surface area contributed by atoms with Gasteiger partial charge in [0, 0.05) is 4.88 Å². The SMILES string of the molecule is CCc1ccccc1N=C1S/C(=C\c2cccs2)C(=O)N1c1ccccc1CC. The first-order valence-corrected chi connectivity index (χ1v) is 11.4.